The highest BCUT2D eigenvalue weighted by Gasteiger charge is 2.22. The van der Waals surface area contributed by atoms with Crippen LogP contribution < -0.4 is 0 Å². The fraction of sp³-hybridized carbons (Fsp3) is 0.812. The second kappa shape index (κ2) is 10.2. The molecule has 1 aliphatic rings. The number of carbonyl (C=O) groups is 1. The summed E-state index contributed by atoms with van der Waals surface area (Å²) in [7, 11) is 0. The molecule has 0 aromatic rings. The molecule has 0 aliphatic carbocycles. The summed E-state index contributed by atoms with van der Waals surface area (Å²) in [6.45, 7) is 3.73. The fourth-order valence-electron chi connectivity index (χ4n) is 2.51. The third-order valence-electron chi connectivity index (χ3n) is 3.65. The molecule has 0 radical (unpaired) electrons. The Morgan fingerprint density at radius 1 is 1.06 bits per heavy atom. The topological polar surface area (TPSA) is 26.3 Å². The summed E-state index contributed by atoms with van der Waals surface area (Å²) in [5, 5.41) is 0. The first-order chi connectivity index (χ1) is 8.83. The van der Waals surface area contributed by atoms with Crippen molar-refractivity contribution in [3.63, 3.8) is 0 Å². The van der Waals surface area contributed by atoms with Gasteiger partial charge in [0.1, 0.15) is 6.10 Å². The molecule has 18 heavy (non-hydrogen) atoms. The number of ether oxygens (including phenoxy) is 1. The molecule has 2 nitrogen and oxygen atoms in total. The molecule has 104 valence electrons. The predicted octanol–water partition coefficient (Wildman–Crippen LogP) is 4.78. The number of unbranched alkanes of at least 4 members (excludes halogenated alkanes) is 8. The van der Waals surface area contributed by atoms with Gasteiger partial charge < -0.3 is 4.74 Å². The second-order valence-corrected chi connectivity index (χ2v) is 5.34. The molecule has 1 saturated heterocycles. The molecule has 0 aromatic heterocycles. The Hall–Kier alpha value is -0.790. The lowest BCUT2D eigenvalue weighted by Crippen LogP contribution is -2.06. The van der Waals surface area contributed by atoms with Gasteiger partial charge in [0.15, 0.2) is 0 Å². The van der Waals surface area contributed by atoms with Crippen molar-refractivity contribution in [3.05, 3.63) is 12.7 Å². The molecule has 2 heteroatoms. The van der Waals surface area contributed by atoms with Crippen LogP contribution in [0.4, 0.5) is 0 Å². The van der Waals surface area contributed by atoms with Crippen molar-refractivity contribution in [1.82, 2.24) is 0 Å². The van der Waals surface area contributed by atoms with E-state index in [1.807, 2.05) is 6.08 Å². The van der Waals surface area contributed by atoms with Crippen molar-refractivity contribution >= 4 is 5.97 Å². The molecule has 1 atom stereocenters. The van der Waals surface area contributed by atoms with Crippen molar-refractivity contribution in [3.8, 4) is 0 Å². The minimum Gasteiger partial charge on any atom is -0.462 e. The third kappa shape index (κ3) is 7.52. The highest BCUT2D eigenvalue weighted by molar-refractivity contribution is 5.71. The predicted molar refractivity (Wildman–Crippen MR) is 75.5 cm³/mol. The number of hydrogen-bond acceptors (Lipinski definition) is 2. The Morgan fingerprint density at radius 2 is 1.67 bits per heavy atom. The Balaban J connectivity index is 1.76. The Bertz CT molecular complexity index is 235. The minimum absolute atomic E-state index is 0.000441. The minimum atomic E-state index is -0.000441. The van der Waals surface area contributed by atoms with E-state index in [2.05, 4.69) is 6.58 Å². The molecular formula is C16H28O2. The first-order valence-electron chi connectivity index (χ1n) is 7.63. The lowest BCUT2D eigenvalue weighted by molar-refractivity contribution is -0.141. The highest BCUT2D eigenvalue weighted by Crippen LogP contribution is 2.20. The van der Waals surface area contributed by atoms with Gasteiger partial charge in [-0.05, 0) is 32.1 Å². The van der Waals surface area contributed by atoms with Gasteiger partial charge in [0, 0.05) is 6.42 Å². The maximum atomic E-state index is 10.9. The molecule has 0 spiro atoms. The van der Waals surface area contributed by atoms with Crippen LogP contribution in [0.25, 0.3) is 0 Å². The molecule has 0 amide bonds. The molecule has 0 saturated carbocycles. The second-order valence-electron chi connectivity index (χ2n) is 5.34. The third-order valence-corrected chi connectivity index (χ3v) is 3.65. The van der Waals surface area contributed by atoms with Gasteiger partial charge in [0.2, 0.25) is 0 Å². The number of cyclic esters (lactones) is 1. The van der Waals surface area contributed by atoms with Gasteiger partial charge in [-0.15, -0.1) is 6.58 Å². The number of hydrogen-bond donors (Lipinski definition) is 0. The van der Waals surface area contributed by atoms with Crippen LogP contribution in [-0.2, 0) is 9.53 Å². The lowest BCUT2D eigenvalue weighted by Gasteiger charge is -2.08. The molecule has 0 N–H and O–H groups in total. The normalized spacial score (nSPS) is 18.9. The largest absolute Gasteiger partial charge is 0.462 e. The molecule has 1 unspecified atom stereocenters. The van der Waals surface area contributed by atoms with Crippen LogP contribution in [0.15, 0.2) is 12.7 Å². The average Bonchev–Trinajstić information content (AvgIpc) is 2.77. The highest BCUT2D eigenvalue weighted by atomic mass is 16.5. The summed E-state index contributed by atoms with van der Waals surface area (Å²) >= 11 is 0. The summed E-state index contributed by atoms with van der Waals surface area (Å²) in [5.74, 6) is -0.000441. The monoisotopic (exact) mass is 252 g/mol. The standard InChI is InChI=1S/C16H28O2/c1-2-3-4-5-6-7-8-9-10-11-12-15-13-14-16(17)18-15/h2,15H,1,3-14H2. The van der Waals surface area contributed by atoms with Crippen LogP contribution in [0, 0.1) is 0 Å². The molecule has 1 aliphatic heterocycles. The molecule has 1 heterocycles. The van der Waals surface area contributed by atoms with Gasteiger partial charge in [-0.2, -0.15) is 0 Å². The number of esters is 1. The average molecular weight is 252 g/mol. The Labute approximate surface area is 112 Å². The van der Waals surface area contributed by atoms with E-state index >= 15 is 0 Å². The van der Waals surface area contributed by atoms with Crippen LogP contribution in [0.3, 0.4) is 0 Å². The van der Waals surface area contributed by atoms with Crippen molar-refractivity contribution in [2.24, 2.45) is 0 Å². The van der Waals surface area contributed by atoms with Crippen LogP contribution in [0.2, 0.25) is 0 Å². The smallest absolute Gasteiger partial charge is 0.306 e. The van der Waals surface area contributed by atoms with E-state index in [1.54, 1.807) is 0 Å². The van der Waals surface area contributed by atoms with E-state index in [9.17, 15) is 4.79 Å². The number of allylic oxidation sites excluding steroid dienone is 1. The Kier molecular flexibility index (Phi) is 8.62. The van der Waals surface area contributed by atoms with E-state index in [0.717, 1.165) is 12.8 Å². The maximum absolute atomic E-state index is 10.9. The van der Waals surface area contributed by atoms with E-state index < -0.39 is 0 Å². The molecule has 1 fully saturated rings. The van der Waals surface area contributed by atoms with Gasteiger partial charge in [-0.1, -0.05) is 44.6 Å². The molecule has 1 rings (SSSR count). The van der Waals surface area contributed by atoms with Crippen molar-refractivity contribution in [2.45, 2.75) is 83.2 Å². The zero-order valence-corrected chi connectivity index (χ0v) is 11.7. The van der Waals surface area contributed by atoms with Gasteiger partial charge >= 0.3 is 5.97 Å². The first kappa shape index (κ1) is 15.3. The van der Waals surface area contributed by atoms with Crippen molar-refractivity contribution in [2.75, 3.05) is 0 Å². The summed E-state index contributed by atoms with van der Waals surface area (Å²) in [6.07, 6.45) is 16.7. The Morgan fingerprint density at radius 3 is 2.22 bits per heavy atom. The maximum Gasteiger partial charge on any atom is 0.306 e. The quantitative estimate of drug-likeness (QED) is 0.300. The first-order valence-corrected chi connectivity index (χ1v) is 7.63. The fourth-order valence-corrected chi connectivity index (χ4v) is 2.51. The zero-order chi connectivity index (χ0) is 13.1. The van der Waals surface area contributed by atoms with E-state index in [-0.39, 0.29) is 12.1 Å². The summed E-state index contributed by atoms with van der Waals surface area (Å²) in [6, 6.07) is 0. The van der Waals surface area contributed by atoms with Gasteiger partial charge in [-0.3, -0.25) is 4.79 Å². The SMILES string of the molecule is C=CCCCCCCCCCCC1CCC(=O)O1. The lowest BCUT2D eigenvalue weighted by atomic mass is 10.0. The molecule has 0 bridgehead atoms. The van der Waals surface area contributed by atoms with Crippen LogP contribution >= 0.6 is 0 Å². The summed E-state index contributed by atoms with van der Waals surface area (Å²) in [4.78, 5) is 10.9. The molecule has 0 aromatic carbocycles. The van der Waals surface area contributed by atoms with E-state index in [4.69, 9.17) is 4.74 Å². The number of rotatable bonds is 11. The van der Waals surface area contributed by atoms with Crippen molar-refractivity contribution < 1.29 is 9.53 Å². The van der Waals surface area contributed by atoms with Crippen LogP contribution in [0.1, 0.15) is 77.0 Å². The van der Waals surface area contributed by atoms with Gasteiger partial charge in [-0.25, -0.2) is 0 Å². The van der Waals surface area contributed by atoms with Crippen LogP contribution in [-0.4, -0.2) is 12.1 Å². The molecular weight excluding hydrogens is 224 g/mol. The number of carbonyl (C=O) groups excluding carboxylic acids is 1. The van der Waals surface area contributed by atoms with Crippen molar-refractivity contribution in [1.29, 1.82) is 0 Å². The summed E-state index contributed by atoms with van der Waals surface area (Å²) in [5.41, 5.74) is 0. The van der Waals surface area contributed by atoms with E-state index in [0.29, 0.717) is 6.42 Å². The zero-order valence-electron chi connectivity index (χ0n) is 11.7. The summed E-state index contributed by atoms with van der Waals surface area (Å²) < 4.78 is 5.20. The van der Waals surface area contributed by atoms with Gasteiger partial charge in [0.05, 0.1) is 0 Å². The van der Waals surface area contributed by atoms with Gasteiger partial charge in [0.25, 0.3) is 0 Å². The van der Waals surface area contributed by atoms with Crippen LogP contribution in [0.5, 0.6) is 0 Å². The van der Waals surface area contributed by atoms with E-state index in [1.165, 1.54) is 57.8 Å².